The molecule has 0 saturated carbocycles. The van der Waals surface area contributed by atoms with Crippen LogP contribution in [0.2, 0.25) is 0 Å². The SMILES string of the molecule is COCCc1nc(CN2C[C@@H](c3ccccc3)CC2=O)n(CCO)n1. The number of carbonyl (C=O) groups is 1. The summed E-state index contributed by atoms with van der Waals surface area (Å²) in [5.74, 6) is 1.74. The molecule has 25 heavy (non-hydrogen) atoms. The van der Waals surface area contributed by atoms with Gasteiger partial charge in [-0.3, -0.25) is 4.79 Å². The lowest BCUT2D eigenvalue weighted by atomic mass is 9.99. The van der Waals surface area contributed by atoms with Gasteiger partial charge in [0.05, 0.1) is 26.3 Å². The molecule has 2 aromatic rings. The van der Waals surface area contributed by atoms with Crippen molar-refractivity contribution in [1.82, 2.24) is 19.7 Å². The first-order valence-corrected chi connectivity index (χ1v) is 8.56. The van der Waals surface area contributed by atoms with Crippen molar-refractivity contribution in [1.29, 1.82) is 0 Å². The number of benzene rings is 1. The maximum Gasteiger partial charge on any atom is 0.223 e. The van der Waals surface area contributed by atoms with Crippen LogP contribution in [0.1, 0.15) is 29.6 Å². The molecule has 1 fully saturated rings. The molecule has 0 bridgehead atoms. The van der Waals surface area contributed by atoms with Crippen LogP contribution in [0.5, 0.6) is 0 Å². The number of hydrogen-bond acceptors (Lipinski definition) is 5. The number of aromatic nitrogens is 3. The predicted octanol–water partition coefficient (Wildman–Crippen LogP) is 0.975. The molecule has 7 nitrogen and oxygen atoms in total. The molecule has 2 heterocycles. The summed E-state index contributed by atoms with van der Waals surface area (Å²) in [7, 11) is 1.64. The van der Waals surface area contributed by atoms with Crippen LogP contribution in [0.25, 0.3) is 0 Å². The van der Waals surface area contributed by atoms with E-state index >= 15 is 0 Å². The minimum atomic E-state index is -0.0132. The Labute approximate surface area is 147 Å². The van der Waals surface area contributed by atoms with Crippen LogP contribution < -0.4 is 0 Å². The summed E-state index contributed by atoms with van der Waals surface area (Å²) in [6.45, 7) is 2.01. The van der Waals surface area contributed by atoms with Crippen LogP contribution in [0, 0.1) is 0 Å². The van der Waals surface area contributed by atoms with E-state index in [9.17, 15) is 9.90 Å². The van der Waals surface area contributed by atoms with Gasteiger partial charge in [-0.2, -0.15) is 5.10 Å². The Morgan fingerprint density at radius 1 is 1.32 bits per heavy atom. The van der Waals surface area contributed by atoms with Crippen molar-refractivity contribution in [3.8, 4) is 0 Å². The number of carbonyl (C=O) groups excluding carboxylic acids is 1. The quantitative estimate of drug-likeness (QED) is 0.772. The number of amides is 1. The predicted molar refractivity (Wildman–Crippen MR) is 91.9 cm³/mol. The molecule has 134 valence electrons. The van der Waals surface area contributed by atoms with E-state index < -0.39 is 0 Å². The minimum Gasteiger partial charge on any atom is -0.394 e. The van der Waals surface area contributed by atoms with Gasteiger partial charge >= 0.3 is 0 Å². The van der Waals surface area contributed by atoms with Crippen molar-refractivity contribution in [3.05, 3.63) is 47.5 Å². The number of aliphatic hydroxyl groups excluding tert-OH is 1. The Morgan fingerprint density at radius 2 is 2.12 bits per heavy atom. The third kappa shape index (κ3) is 4.24. The first-order chi connectivity index (χ1) is 12.2. The Balaban J connectivity index is 1.71. The molecule has 7 heteroatoms. The number of likely N-dealkylation sites (tertiary alicyclic amines) is 1. The van der Waals surface area contributed by atoms with E-state index in [4.69, 9.17) is 4.74 Å². The monoisotopic (exact) mass is 344 g/mol. The molecule has 1 aliphatic rings. The van der Waals surface area contributed by atoms with Gasteiger partial charge < -0.3 is 14.7 Å². The van der Waals surface area contributed by atoms with Gasteiger partial charge in [0, 0.05) is 32.4 Å². The lowest BCUT2D eigenvalue weighted by molar-refractivity contribution is -0.128. The molecule has 1 aromatic heterocycles. The van der Waals surface area contributed by atoms with E-state index in [0.717, 1.165) is 0 Å². The molecule has 1 aliphatic heterocycles. The number of methoxy groups -OCH3 is 1. The number of ether oxygens (including phenoxy) is 1. The zero-order valence-electron chi connectivity index (χ0n) is 14.5. The lowest BCUT2D eigenvalue weighted by Crippen LogP contribution is -2.26. The second kappa shape index (κ2) is 8.22. The second-order valence-electron chi connectivity index (χ2n) is 6.22. The Bertz CT molecular complexity index is 702. The van der Waals surface area contributed by atoms with Crippen LogP contribution in [0.4, 0.5) is 0 Å². The fourth-order valence-electron chi connectivity index (χ4n) is 3.16. The van der Waals surface area contributed by atoms with E-state index in [1.54, 1.807) is 11.8 Å². The highest BCUT2D eigenvalue weighted by atomic mass is 16.5. The molecule has 3 rings (SSSR count). The van der Waals surface area contributed by atoms with Crippen molar-refractivity contribution >= 4 is 5.91 Å². The molecule has 1 saturated heterocycles. The number of nitrogens with zero attached hydrogens (tertiary/aromatic N) is 4. The molecular weight excluding hydrogens is 320 g/mol. The average molecular weight is 344 g/mol. The maximum absolute atomic E-state index is 12.4. The summed E-state index contributed by atoms with van der Waals surface area (Å²) in [6.07, 6.45) is 1.14. The van der Waals surface area contributed by atoms with E-state index in [2.05, 4.69) is 22.2 Å². The van der Waals surface area contributed by atoms with Gasteiger partial charge in [-0.15, -0.1) is 0 Å². The summed E-state index contributed by atoms with van der Waals surface area (Å²) < 4.78 is 6.75. The highest BCUT2D eigenvalue weighted by molar-refractivity contribution is 5.79. The average Bonchev–Trinajstić information content (AvgIpc) is 3.18. The first-order valence-electron chi connectivity index (χ1n) is 8.56. The summed E-state index contributed by atoms with van der Waals surface area (Å²) >= 11 is 0. The normalized spacial score (nSPS) is 17.4. The molecule has 1 N–H and O–H groups in total. The number of aliphatic hydroxyl groups is 1. The summed E-state index contributed by atoms with van der Waals surface area (Å²) in [4.78, 5) is 18.8. The maximum atomic E-state index is 12.4. The summed E-state index contributed by atoms with van der Waals surface area (Å²) in [5, 5.41) is 13.6. The van der Waals surface area contributed by atoms with Crippen LogP contribution in [0.3, 0.4) is 0 Å². The number of rotatable bonds is 8. The van der Waals surface area contributed by atoms with E-state index in [1.165, 1.54) is 5.56 Å². The Morgan fingerprint density at radius 3 is 2.84 bits per heavy atom. The Kier molecular flexibility index (Phi) is 5.78. The van der Waals surface area contributed by atoms with Gasteiger partial charge in [0.25, 0.3) is 0 Å². The van der Waals surface area contributed by atoms with Crippen LogP contribution in [0.15, 0.2) is 30.3 Å². The van der Waals surface area contributed by atoms with Gasteiger partial charge in [-0.25, -0.2) is 9.67 Å². The molecule has 0 radical (unpaired) electrons. The van der Waals surface area contributed by atoms with Crippen molar-refractivity contribution in [2.75, 3.05) is 26.9 Å². The molecule has 1 amide bonds. The van der Waals surface area contributed by atoms with Crippen molar-refractivity contribution in [3.63, 3.8) is 0 Å². The molecule has 1 aromatic carbocycles. The van der Waals surface area contributed by atoms with Gasteiger partial charge in [0.2, 0.25) is 5.91 Å². The van der Waals surface area contributed by atoms with Crippen molar-refractivity contribution < 1.29 is 14.6 Å². The van der Waals surface area contributed by atoms with Gasteiger partial charge in [-0.1, -0.05) is 30.3 Å². The van der Waals surface area contributed by atoms with Gasteiger partial charge in [-0.05, 0) is 5.56 Å². The minimum absolute atomic E-state index is 0.0132. The summed E-state index contributed by atoms with van der Waals surface area (Å²) in [5.41, 5.74) is 1.19. The number of hydrogen-bond donors (Lipinski definition) is 1. The van der Waals surface area contributed by atoms with Crippen LogP contribution in [-0.4, -0.2) is 57.5 Å². The van der Waals surface area contributed by atoms with Gasteiger partial charge in [0.1, 0.15) is 5.82 Å². The van der Waals surface area contributed by atoms with Crippen molar-refractivity contribution in [2.45, 2.75) is 31.8 Å². The molecule has 0 unspecified atom stereocenters. The fraction of sp³-hybridized carbons (Fsp3) is 0.500. The van der Waals surface area contributed by atoms with Crippen molar-refractivity contribution in [2.24, 2.45) is 0 Å². The van der Waals surface area contributed by atoms with E-state index in [-0.39, 0.29) is 18.4 Å². The zero-order chi connectivity index (χ0) is 17.6. The molecule has 1 atom stereocenters. The second-order valence-corrected chi connectivity index (χ2v) is 6.22. The van der Waals surface area contributed by atoms with Crippen LogP contribution >= 0.6 is 0 Å². The van der Waals surface area contributed by atoms with E-state index in [0.29, 0.717) is 50.7 Å². The molecule has 0 spiro atoms. The third-order valence-electron chi connectivity index (χ3n) is 4.45. The summed E-state index contributed by atoms with van der Waals surface area (Å²) in [6, 6.07) is 10.1. The van der Waals surface area contributed by atoms with E-state index in [1.807, 2.05) is 23.1 Å². The standard InChI is InChI=1S/C18H24N4O3/c1-25-10-7-16-19-17(22(20-16)8-9-23)13-21-12-15(11-18(21)24)14-5-3-2-4-6-14/h2-6,15,23H,7-13H2,1H3/t15-/m0/s1. The third-order valence-corrected chi connectivity index (χ3v) is 4.45. The highest BCUT2D eigenvalue weighted by Gasteiger charge is 2.31. The zero-order valence-corrected chi connectivity index (χ0v) is 14.5. The lowest BCUT2D eigenvalue weighted by Gasteiger charge is -2.16. The van der Waals surface area contributed by atoms with Crippen LogP contribution in [-0.2, 0) is 29.0 Å². The molecular formula is C18H24N4O3. The largest absolute Gasteiger partial charge is 0.394 e. The Hall–Kier alpha value is -2.25. The molecule has 0 aliphatic carbocycles. The smallest absolute Gasteiger partial charge is 0.223 e. The first kappa shape index (κ1) is 17.6. The van der Waals surface area contributed by atoms with Gasteiger partial charge in [0.15, 0.2) is 5.82 Å². The highest BCUT2D eigenvalue weighted by Crippen LogP contribution is 2.28. The topological polar surface area (TPSA) is 80.5 Å². The fourth-order valence-corrected chi connectivity index (χ4v) is 3.16.